The average Bonchev–Trinajstić information content (AvgIpc) is 3.08. The van der Waals surface area contributed by atoms with Crippen LogP contribution in [0.25, 0.3) is 0 Å². The molecule has 4 aliphatic rings. The lowest BCUT2D eigenvalue weighted by atomic mass is 9.44. The second-order valence-corrected chi connectivity index (χ2v) is 19.5. The third kappa shape index (κ3) is 4.38. The molecule has 0 bridgehead atoms. The first-order valence-corrected chi connectivity index (χ1v) is 17.1. The van der Waals surface area contributed by atoms with Crippen LogP contribution in [0, 0.1) is 46.3 Å². The van der Waals surface area contributed by atoms with Gasteiger partial charge in [-0.1, -0.05) is 41.5 Å². The maximum absolute atomic E-state index is 10.8. The Labute approximate surface area is 205 Å². The largest absolute Gasteiger partial charge is 0.414 e. The molecular weight excluding hydrogens is 420 g/mol. The smallest absolute Gasteiger partial charge is 0.192 e. The lowest BCUT2D eigenvalue weighted by molar-refractivity contribution is -0.127. The van der Waals surface area contributed by atoms with Crippen LogP contribution in [0.15, 0.2) is 6.08 Å². The number of hydrogen-bond donors (Lipinski definition) is 0. The molecule has 0 aromatic heterocycles. The summed E-state index contributed by atoms with van der Waals surface area (Å²) in [6.45, 7) is 19.7. The first kappa shape index (κ1) is 25.7. The lowest BCUT2D eigenvalue weighted by Gasteiger charge is -2.61. The minimum Gasteiger partial charge on any atom is -0.414 e. The predicted octanol–water partition coefficient (Wildman–Crippen LogP) is 8.45. The molecule has 9 atom stereocenters. The van der Waals surface area contributed by atoms with Crippen LogP contribution in [0.3, 0.4) is 0 Å². The van der Waals surface area contributed by atoms with Gasteiger partial charge in [0.05, 0.1) is 0 Å². The normalized spacial score (nSPS) is 44.2. The highest BCUT2D eigenvalue weighted by molar-refractivity contribution is 6.74. The Morgan fingerprint density at radius 3 is 2.33 bits per heavy atom. The van der Waals surface area contributed by atoms with Crippen LogP contribution >= 0.6 is 0 Å². The fraction of sp³-hybridized carbons (Fsp3) is 0.933. The van der Waals surface area contributed by atoms with Crippen LogP contribution in [0.2, 0.25) is 18.1 Å². The number of carbonyl (C=O) groups excluding carboxylic acids is 1. The van der Waals surface area contributed by atoms with Crippen molar-refractivity contribution in [1.29, 1.82) is 0 Å². The molecule has 0 aromatic rings. The molecule has 0 aliphatic heterocycles. The standard InChI is InChI=1S/C30H52O2Si/c1-21(10-9-19-31)25-13-14-26-24-12-11-22-20-23(32-33(7,8)28(2,3)4)15-17-29(22,5)27(24)16-18-30(25,26)6/h9,21-27H,10-18,20H2,1-8H3/t21-,22?,23+,24+,25-,26+,27+,29+,30-/m1/s1. The van der Waals surface area contributed by atoms with Crippen molar-refractivity contribution in [2.45, 2.75) is 130 Å². The van der Waals surface area contributed by atoms with Gasteiger partial charge < -0.3 is 4.43 Å². The van der Waals surface area contributed by atoms with E-state index in [4.69, 9.17) is 4.43 Å². The van der Waals surface area contributed by atoms with Gasteiger partial charge in [0.25, 0.3) is 0 Å². The monoisotopic (exact) mass is 472 g/mol. The molecule has 0 N–H and O–H groups in total. The summed E-state index contributed by atoms with van der Waals surface area (Å²) in [6.07, 6.45) is 15.6. The average molecular weight is 473 g/mol. The van der Waals surface area contributed by atoms with E-state index in [1.54, 1.807) is 6.08 Å². The molecule has 4 aliphatic carbocycles. The van der Waals surface area contributed by atoms with Crippen LogP contribution in [-0.2, 0) is 9.22 Å². The van der Waals surface area contributed by atoms with Gasteiger partial charge in [0.15, 0.2) is 8.32 Å². The molecule has 2 nitrogen and oxygen atoms in total. The van der Waals surface area contributed by atoms with E-state index in [1.165, 1.54) is 57.8 Å². The molecule has 0 saturated heterocycles. The maximum atomic E-state index is 10.8. The van der Waals surface area contributed by atoms with Crippen LogP contribution in [0.4, 0.5) is 0 Å². The van der Waals surface area contributed by atoms with Crippen molar-refractivity contribution in [1.82, 2.24) is 0 Å². The van der Waals surface area contributed by atoms with Crippen molar-refractivity contribution in [3.05, 3.63) is 6.08 Å². The van der Waals surface area contributed by atoms with E-state index >= 15 is 0 Å². The summed E-state index contributed by atoms with van der Waals surface area (Å²) in [4.78, 5) is 10.8. The Kier molecular flexibility index (Phi) is 6.96. The molecule has 0 spiro atoms. The lowest BCUT2D eigenvalue weighted by Crippen LogP contribution is -2.55. The van der Waals surface area contributed by atoms with Crippen LogP contribution in [0.5, 0.6) is 0 Å². The van der Waals surface area contributed by atoms with Gasteiger partial charge in [-0.05, 0) is 129 Å². The van der Waals surface area contributed by atoms with E-state index in [0.29, 0.717) is 27.9 Å². The fourth-order valence-corrected chi connectivity index (χ4v) is 10.7. The molecule has 188 valence electrons. The molecule has 0 radical (unpaired) electrons. The van der Waals surface area contributed by atoms with Gasteiger partial charge in [-0.15, -0.1) is 0 Å². The minimum absolute atomic E-state index is 0.302. The number of allylic oxidation sites excluding steroid dienone is 1. The Balaban J connectivity index is 1.46. The quantitative estimate of drug-likeness (QED) is 0.296. The summed E-state index contributed by atoms with van der Waals surface area (Å²) in [5.41, 5.74) is 1.02. The van der Waals surface area contributed by atoms with Gasteiger partial charge in [-0.3, -0.25) is 0 Å². The third-order valence-electron chi connectivity index (χ3n) is 12.2. The van der Waals surface area contributed by atoms with Crippen molar-refractivity contribution in [2.24, 2.45) is 46.3 Å². The molecule has 0 heterocycles. The van der Waals surface area contributed by atoms with Crippen molar-refractivity contribution in [3.63, 3.8) is 0 Å². The highest BCUT2D eigenvalue weighted by Gasteiger charge is 2.60. The Bertz CT molecular complexity index is 762. The number of rotatable bonds is 5. The molecular formula is C30H52O2Si. The van der Waals surface area contributed by atoms with E-state index in [9.17, 15) is 4.79 Å². The number of hydrogen-bond acceptors (Lipinski definition) is 2. The molecule has 0 aromatic carbocycles. The van der Waals surface area contributed by atoms with Gasteiger partial charge in [0, 0.05) is 12.2 Å². The van der Waals surface area contributed by atoms with Gasteiger partial charge in [0.2, 0.25) is 0 Å². The minimum atomic E-state index is -1.69. The van der Waals surface area contributed by atoms with E-state index in [1.807, 2.05) is 5.94 Å². The fourth-order valence-electron chi connectivity index (χ4n) is 9.29. The number of fused-ring (bicyclic) bond motifs is 5. The third-order valence-corrected chi connectivity index (χ3v) is 16.8. The second kappa shape index (κ2) is 8.93. The highest BCUT2D eigenvalue weighted by Crippen LogP contribution is 2.68. The zero-order chi connectivity index (χ0) is 24.2. The zero-order valence-corrected chi connectivity index (χ0v) is 24.0. The van der Waals surface area contributed by atoms with E-state index in [-0.39, 0.29) is 0 Å². The van der Waals surface area contributed by atoms with Crippen molar-refractivity contribution < 1.29 is 9.22 Å². The summed E-state index contributed by atoms with van der Waals surface area (Å²) < 4.78 is 6.94. The first-order valence-electron chi connectivity index (χ1n) is 14.2. The van der Waals surface area contributed by atoms with Crippen molar-refractivity contribution >= 4 is 14.3 Å². The summed E-state index contributed by atoms with van der Waals surface area (Å²) in [6, 6.07) is 0. The predicted molar refractivity (Wildman–Crippen MR) is 141 cm³/mol. The molecule has 1 unspecified atom stereocenters. The molecule has 3 heteroatoms. The topological polar surface area (TPSA) is 26.3 Å². The first-order chi connectivity index (χ1) is 15.3. The maximum Gasteiger partial charge on any atom is 0.192 e. The summed E-state index contributed by atoms with van der Waals surface area (Å²) in [5, 5.41) is 0.302. The van der Waals surface area contributed by atoms with Crippen molar-refractivity contribution in [2.75, 3.05) is 0 Å². The van der Waals surface area contributed by atoms with E-state index in [0.717, 1.165) is 36.0 Å². The summed E-state index contributed by atoms with van der Waals surface area (Å²) >= 11 is 0. The second-order valence-electron chi connectivity index (χ2n) is 14.7. The van der Waals surface area contributed by atoms with Gasteiger partial charge >= 0.3 is 0 Å². The molecule has 4 saturated carbocycles. The van der Waals surface area contributed by atoms with Gasteiger partial charge in [-0.25, -0.2) is 4.79 Å². The molecule has 33 heavy (non-hydrogen) atoms. The molecule has 4 rings (SSSR count). The Hall–Kier alpha value is -0.373. The Morgan fingerprint density at radius 1 is 1.00 bits per heavy atom. The van der Waals surface area contributed by atoms with Crippen molar-refractivity contribution in [3.8, 4) is 0 Å². The van der Waals surface area contributed by atoms with Crippen LogP contribution < -0.4 is 0 Å². The van der Waals surface area contributed by atoms with E-state index in [2.05, 4.69) is 54.6 Å². The van der Waals surface area contributed by atoms with Gasteiger partial charge in [-0.2, -0.15) is 0 Å². The van der Waals surface area contributed by atoms with Crippen LogP contribution in [0.1, 0.15) is 106 Å². The molecule has 0 amide bonds. The van der Waals surface area contributed by atoms with Gasteiger partial charge in [0.1, 0.15) is 5.94 Å². The van der Waals surface area contributed by atoms with E-state index < -0.39 is 8.32 Å². The SMILES string of the molecule is C[C@H](CC=C=O)[C@H]1CC[C@H]2[C@@H]3CCC4C[C@@H](O[Si](C)(C)C(C)(C)C)CC[C@]4(C)[C@H]3CC[C@]12C. The summed E-state index contributed by atoms with van der Waals surface area (Å²) in [5.74, 6) is 7.06. The zero-order valence-electron chi connectivity index (χ0n) is 23.0. The highest BCUT2D eigenvalue weighted by atomic mass is 28.4. The molecule has 4 fully saturated rings. The Morgan fingerprint density at radius 2 is 1.67 bits per heavy atom. The summed E-state index contributed by atoms with van der Waals surface area (Å²) in [7, 11) is -1.69. The van der Waals surface area contributed by atoms with Crippen LogP contribution in [-0.4, -0.2) is 20.4 Å².